The Morgan fingerprint density at radius 3 is 2.83 bits per heavy atom. The highest BCUT2D eigenvalue weighted by molar-refractivity contribution is 6.00. The summed E-state index contributed by atoms with van der Waals surface area (Å²) in [7, 11) is 1.62. The van der Waals surface area contributed by atoms with Crippen LogP contribution in [-0.4, -0.2) is 36.1 Å². The number of methoxy groups -OCH3 is 1. The summed E-state index contributed by atoms with van der Waals surface area (Å²) >= 11 is 0. The lowest BCUT2D eigenvalue weighted by atomic mass is 9.76. The quantitative estimate of drug-likeness (QED) is 0.859. The Bertz CT molecular complexity index is 717. The molecular weight excluding hydrogens is 306 g/mol. The van der Waals surface area contributed by atoms with Gasteiger partial charge in [0.2, 0.25) is 5.91 Å². The average Bonchev–Trinajstić information content (AvgIpc) is 3.25. The molecule has 5 nitrogen and oxygen atoms in total. The number of carbonyl (C=O) groups excluding carboxylic acids is 1. The number of aliphatic hydroxyl groups excluding tert-OH is 1. The normalized spacial score (nSPS) is 44.4. The highest BCUT2D eigenvalue weighted by Gasteiger charge is 2.78. The predicted molar refractivity (Wildman–Crippen MR) is 87.5 cm³/mol. The van der Waals surface area contributed by atoms with Crippen LogP contribution >= 0.6 is 0 Å². The summed E-state index contributed by atoms with van der Waals surface area (Å²) in [5.74, 6) is 1.17. The number of anilines is 1. The lowest BCUT2D eigenvalue weighted by Crippen LogP contribution is -2.51. The molecule has 5 heteroatoms. The van der Waals surface area contributed by atoms with Gasteiger partial charge in [0.05, 0.1) is 25.2 Å². The highest BCUT2D eigenvalue weighted by Crippen LogP contribution is 2.68. The summed E-state index contributed by atoms with van der Waals surface area (Å²) in [6.45, 7) is 3.89. The fourth-order valence-corrected chi connectivity index (χ4v) is 5.85. The number of hydrogen-bond acceptors (Lipinski definition) is 4. The molecule has 7 unspecified atom stereocenters. The van der Waals surface area contributed by atoms with Crippen LogP contribution in [0.2, 0.25) is 0 Å². The second-order valence-corrected chi connectivity index (χ2v) is 7.40. The number of amides is 1. The Kier molecular flexibility index (Phi) is 2.78. The van der Waals surface area contributed by atoms with Gasteiger partial charge >= 0.3 is 0 Å². The Hall–Kier alpha value is -1.85. The minimum atomic E-state index is -0.695. The molecule has 2 saturated heterocycles. The first-order valence-corrected chi connectivity index (χ1v) is 8.57. The van der Waals surface area contributed by atoms with Crippen molar-refractivity contribution in [1.82, 2.24) is 0 Å². The lowest BCUT2D eigenvalue weighted by molar-refractivity contribution is -0.132. The van der Waals surface area contributed by atoms with Crippen molar-refractivity contribution in [2.24, 2.45) is 23.7 Å². The van der Waals surface area contributed by atoms with Gasteiger partial charge in [-0.2, -0.15) is 0 Å². The molecule has 24 heavy (non-hydrogen) atoms. The third kappa shape index (κ3) is 1.46. The molecule has 5 rings (SSSR count). The van der Waals surface area contributed by atoms with Crippen molar-refractivity contribution in [3.05, 3.63) is 36.9 Å². The molecule has 126 valence electrons. The van der Waals surface area contributed by atoms with Crippen LogP contribution in [0.3, 0.4) is 0 Å². The molecule has 2 aliphatic heterocycles. The Balaban J connectivity index is 1.63. The van der Waals surface area contributed by atoms with Gasteiger partial charge in [0, 0.05) is 18.0 Å². The Labute approximate surface area is 140 Å². The van der Waals surface area contributed by atoms with E-state index in [0.717, 1.165) is 17.9 Å². The zero-order valence-corrected chi connectivity index (χ0v) is 13.6. The number of rotatable bonds is 4. The summed E-state index contributed by atoms with van der Waals surface area (Å²) in [6.07, 6.45) is 2.66. The van der Waals surface area contributed by atoms with Crippen LogP contribution in [0.4, 0.5) is 5.69 Å². The van der Waals surface area contributed by atoms with Crippen molar-refractivity contribution >= 4 is 11.6 Å². The minimum absolute atomic E-state index is 0.0347. The van der Waals surface area contributed by atoms with E-state index in [9.17, 15) is 9.90 Å². The number of benzene rings is 1. The van der Waals surface area contributed by atoms with E-state index in [1.54, 1.807) is 7.11 Å². The first kappa shape index (κ1) is 14.5. The first-order chi connectivity index (χ1) is 11.6. The second-order valence-electron chi connectivity index (χ2n) is 7.40. The fourth-order valence-electron chi connectivity index (χ4n) is 5.85. The summed E-state index contributed by atoms with van der Waals surface area (Å²) < 4.78 is 11.6. The molecule has 0 aromatic heterocycles. The summed E-state index contributed by atoms with van der Waals surface area (Å²) in [6, 6.07) is 7.53. The molecule has 2 bridgehead atoms. The van der Waals surface area contributed by atoms with E-state index in [0.29, 0.717) is 6.42 Å². The SMILES string of the molecule is C=CCC12OC3C(O)C4CC3C1C4C(=O)N2c1ccc(OC)cc1. The fraction of sp³-hybridized carbons (Fsp3) is 0.526. The maximum Gasteiger partial charge on any atom is 0.233 e. The second kappa shape index (κ2) is 4.61. The summed E-state index contributed by atoms with van der Waals surface area (Å²) in [5, 5.41) is 10.5. The molecule has 2 aliphatic carbocycles. The lowest BCUT2D eigenvalue weighted by Gasteiger charge is -2.38. The number of nitrogens with zero attached hydrogens (tertiary/aromatic N) is 1. The smallest absolute Gasteiger partial charge is 0.233 e. The number of aliphatic hydroxyl groups is 1. The third-order valence-corrected chi connectivity index (χ3v) is 6.56. The maximum atomic E-state index is 13.3. The Morgan fingerprint density at radius 1 is 1.42 bits per heavy atom. The van der Waals surface area contributed by atoms with Gasteiger partial charge in [-0.3, -0.25) is 9.69 Å². The predicted octanol–water partition coefficient (Wildman–Crippen LogP) is 1.96. The van der Waals surface area contributed by atoms with Crippen LogP contribution in [0.1, 0.15) is 12.8 Å². The van der Waals surface area contributed by atoms with Gasteiger partial charge in [-0.25, -0.2) is 0 Å². The van der Waals surface area contributed by atoms with Gasteiger partial charge in [-0.15, -0.1) is 6.58 Å². The highest BCUT2D eigenvalue weighted by atomic mass is 16.6. The van der Waals surface area contributed by atoms with Gasteiger partial charge in [0.1, 0.15) is 5.75 Å². The van der Waals surface area contributed by atoms with Gasteiger partial charge in [-0.05, 0) is 42.5 Å². The van der Waals surface area contributed by atoms with Crippen molar-refractivity contribution in [1.29, 1.82) is 0 Å². The zero-order chi connectivity index (χ0) is 16.6. The zero-order valence-electron chi connectivity index (χ0n) is 13.6. The molecule has 1 amide bonds. The van der Waals surface area contributed by atoms with Crippen molar-refractivity contribution in [3.63, 3.8) is 0 Å². The van der Waals surface area contributed by atoms with E-state index in [1.807, 2.05) is 35.2 Å². The van der Waals surface area contributed by atoms with Crippen molar-refractivity contribution < 1.29 is 19.4 Å². The van der Waals surface area contributed by atoms with Gasteiger partial charge in [0.15, 0.2) is 5.72 Å². The standard InChI is InChI=1S/C19H21NO4/c1-3-8-19-15-13-9-12(16(21)17(13)24-19)14(15)18(22)20(19)10-4-6-11(23-2)7-5-10/h3-7,12-17,21H,1,8-9H2,2H3. The van der Waals surface area contributed by atoms with E-state index in [1.165, 1.54) is 0 Å². The molecule has 2 heterocycles. The topological polar surface area (TPSA) is 59.0 Å². The van der Waals surface area contributed by atoms with Crippen molar-refractivity contribution in [2.75, 3.05) is 12.0 Å². The number of hydrogen-bond donors (Lipinski definition) is 1. The first-order valence-electron chi connectivity index (χ1n) is 8.57. The molecule has 2 saturated carbocycles. The molecule has 1 N–H and O–H groups in total. The molecule has 1 aromatic rings. The van der Waals surface area contributed by atoms with Crippen LogP contribution < -0.4 is 9.64 Å². The average molecular weight is 327 g/mol. The molecule has 1 aromatic carbocycles. The maximum absolute atomic E-state index is 13.3. The van der Waals surface area contributed by atoms with Crippen molar-refractivity contribution in [3.8, 4) is 5.75 Å². The molecule has 4 aliphatic rings. The minimum Gasteiger partial charge on any atom is -0.497 e. The molecule has 4 fully saturated rings. The molecule has 7 atom stereocenters. The number of fused-ring (bicyclic) bond motifs is 2. The van der Waals surface area contributed by atoms with E-state index >= 15 is 0 Å². The van der Waals surface area contributed by atoms with Crippen LogP contribution in [0.25, 0.3) is 0 Å². The van der Waals surface area contributed by atoms with Gasteiger partial charge in [0.25, 0.3) is 0 Å². The van der Waals surface area contributed by atoms with E-state index in [2.05, 4.69) is 6.58 Å². The largest absolute Gasteiger partial charge is 0.497 e. The van der Waals surface area contributed by atoms with Crippen molar-refractivity contribution in [2.45, 2.75) is 30.8 Å². The van der Waals surface area contributed by atoms with Crippen LogP contribution in [-0.2, 0) is 9.53 Å². The molecule has 0 spiro atoms. The van der Waals surface area contributed by atoms with Crippen LogP contribution in [0, 0.1) is 23.7 Å². The monoisotopic (exact) mass is 327 g/mol. The van der Waals surface area contributed by atoms with Crippen LogP contribution in [0.15, 0.2) is 36.9 Å². The van der Waals surface area contributed by atoms with E-state index in [-0.39, 0.29) is 35.7 Å². The van der Waals surface area contributed by atoms with E-state index < -0.39 is 11.8 Å². The summed E-state index contributed by atoms with van der Waals surface area (Å²) in [5.41, 5.74) is 0.131. The molecule has 0 radical (unpaired) electrons. The number of ether oxygens (including phenoxy) is 2. The van der Waals surface area contributed by atoms with Gasteiger partial charge in [-0.1, -0.05) is 6.08 Å². The molecular formula is C19H21NO4. The Morgan fingerprint density at radius 2 is 2.17 bits per heavy atom. The summed E-state index contributed by atoms with van der Waals surface area (Å²) in [4.78, 5) is 15.1. The van der Waals surface area contributed by atoms with Crippen LogP contribution in [0.5, 0.6) is 5.75 Å². The third-order valence-electron chi connectivity index (χ3n) is 6.56. The van der Waals surface area contributed by atoms with Gasteiger partial charge < -0.3 is 14.6 Å². The number of carbonyl (C=O) groups is 1. The van der Waals surface area contributed by atoms with E-state index in [4.69, 9.17) is 9.47 Å².